The van der Waals surface area contributed by atoms with Crippen molar-refractivity contribution >= 4 is 21.9 Å². The maximum absolute atomic E-state index is 9.80. The summed E-state index contributed by atoms with van der Waals surface area (Å²) in [5.74, 6) is -1.29. The van der Waals surface area contributed by atoms with Crippen molar-refractivity contribution in [1.29, 1.82) is 0 Å². The summed E-state index contributed by atoms with van der Waals surface area (Å²) in [5.41, 5.74) is 0. The van der Waals surface area contributed by atoms with Crippen molar-refractivity contribution in [2.45, 2.75) is 0 Å². The fourth-order valence-electron chi connectivity index (χ4n) is 0. The third-order valence-electron chi connectivity index (χ3n) is 0.188. The summed E-state index contributed by atoms with van der Waals surface area (Å²) in [4.78, 5) is 9.80. The van der Waals surface area contributed by atoms with Gasteiger partial charge in [-0.15, -0.1) is 0 Å². The smallest absolute Gasteiger partial charge is 0.342 e. The Kier molecular flexibility index (Phi) is 0.919. The van der Waals surface area contributed by atoms with Crippen molar-refractivity contribution in [2.24, 2.45) is 0 Å². The summed E-state index contributed by atoms with van der Waals surface area (Å²) in [6, 6.07) is 0. The van der Waals surface area contributed by atoms with Gasteiger partial charge < -0.3 is 5.11 Å². The van der Waals surface area contributed by atoms with Crippen LogP contribution in [0.5, 0.6) is 0 Å². The van der Waals surface area contributed by atoms with Crippen LogP contribution in [0.3, 0.4) is 0 Å². The molecule has 2 nitrogen and oxygen atoms in total. The van der Waals surface area contributed by atoms with Crippen molar-refractivity contribution in [3.63, 3.8) is 0 Å². The molecule has 0 amide bonds. The lowest BCUT2D eigenvalue weighted by atomic mass is 10.7. The summed E-state index contributed by atoms with van der Waals surface area (Å²) >= 11 is 2.51. The van der Waals surface area contributed by atoms with E-state index < -0.39 is 17.0 Å². The minimum Gasteiger partial charge on any atom is -0.477 e. The summed E-state index contributed by atoms with van der Waals surface area (Å²) in [6.07, 6.45) is 0. The number of hydrogen-bond donors (Lipinski definition) is 1. The average Bonchev–Trinajstić information content (AvgIpc) is 1.64. The maximum Gasteiger partial charge on any atom is 0.342 e. The minimum absolute atomic E-state index is 0.419. The lowest BCUT2D eigenvalue weighted by Gasteiger charge is -1.77. The number of halogens is 1. The first kappa shape index (κ1) is 2.80. The first-order valence-electron chi connectivity index (χ1n) is 2.12. The van der Waals surface area contributed by atoms with Gasteiger partial charge in [0.05, 0.1) is 7.22 Å². The van der Waals surface area contributed by atoms with Gasteiger partial charge in [0.25, 0.3) is 0 Å². The van der Waals surface area contributed by atoms with Crippen LogP contribution in [0.15, 0.2) is 11.0 Å². The van der Waals surface area contributed by atoms with E-state index in [0.29, 0.717) is 0 Å². The molecule has 0 rings (SSSR count). The molecule has 0 fully saturated rings. The molecule has 0 radical (unpaired) electrons. The van der Waals surface area contributed by atoms with Gasteiger partial charge in [0.2, 0.25) is 0 Å². The molecule has 0 heterocycles. The molecule has 1 N–H and O–H groups in total. The van der Waals surface area contributed by atoms with E-state index in [0.717, 1.165) is 0 Å². The van der Waals surface area contributed by atoms with E-state index in [-0.39, 0.29) is 0 Å². The van der Waals surface area contributed by atoms with Crippen LogP contribution in [-0.2, 0) is 4.79 Å². The summed E-state index contributed by atoms with van der Waals surface area (Å²) in [7, 11) is 0. The second-order valence-corrected chi connectivity index (χ2v) is 1.41. The standard InChI is InChI=1S/C3H3BrO2/c1-2(4)3(5)6/h1H2,(H,5,6)/i1D2. The number of hydrogen-bond acceptors (Lipinski definition) is 1. The molecule has 0 aliphatic rings. The Morgan fingerprint density at radius 1 is 2.17 bits per heavy atom. The predicted octanol–water partition coefficient (Wildman–Crippen LogP) is 0.980. The Balaban J connectivity index is 4.23. The molecule has 34 valence electrons. The Hall–Kier alpha value is -0.310. The normalized spacial score (nSPS) is 11.5. The van der Waals surface area contributed by atoms with Gasteiger partial charge in [0.1, 0.15) is 0 Å². The lowest BCUT2D eigenvalue weighted by molar-refractivity contribution is -0.131. The van der Waals surface area contributed by atoms with Crippen molar-refractivity contribution < 1.29 is 12.6 Å². The predicted molar refractivity (Wildman–Crippen MR) is 25.7 cm³/mol. The molecular formula is C3H3BrO2. The van der Waals surface area contributed by atoms with Crippen molar-refractivity contribution in [1.82, 2.24) is 0 Å². The van der Waals surface area contributed by atoms with Gasteiger partial charge in [-0.25, -0.2) is 4.79 Å². The quantitative estimate of drug-likeness (QED) is 0.570. The Morgan fingerprint density at radius 3 is 2.67 bits per heavy atom. The average molecular weight is 153 g/mol. The third kappa shape index (κ3) is 1.96. The first-order valence-corrected chi connectivity index (χ1v) is 1.91. The molecule has 0 aliphatic carbocycles. The number of rotatable bonds is 1. The maximum atomic E-state index is 9.80. The fraction of sp³-hybridized carbons (Fsp3) is 0. The zero-order chi connectivity index (χ0) is 6.73. The van der Waals surface area contributed by atoms with Crippen LogP contribution < -0.4 is 0 Å². The molecule has 0 unspecified atom stereocenters. The fourth-order valence-corrected chi connectivity index (χ4v) is 0. The number of aliphatic carboxylic acids is 1. The molecule has 0 aromatic rings. The van der Waals surface area contributed by atoms with Gasteiger partial charge in [-0.2, -0.15) is 0 Å². The monoisotopic (exact) mass is 152 g/mol. The van der Waals surface area contributed by atoms with E-state index in [1.165, 1.54) is 0 Å². The first-order chi connectivity index (χ1) is 3.55. The van der Waals surface area contributed by atoms with Crippen molar-refractivity contribution in [3.05, 3.63) is 11.0 Å². The Morgan fingerprint density at radius 2 is 2.67 bits per heavy atom. The van der Waals surface area contributed by atoms with E-state index >= 15 is 0 Å². The molecule has 3 heteroatoms. The molecule has 0 bridgehead atoms. The highest BCUT2D eigenvalue weighted by molar-refractivity contribution is 9.12. The van der Waals surface area contributed by atoms with E-state index in [9.17, 15) is 4.79 Å². The van der Waals surface area contributed by atoms with E-state index in [2.05, 4.69) is 15.9 Å². The molecule has 0 atom stereocenters. The zero-order valence-electron chi connectivity index (χ0n) is 4.73. The summed E-state index contributed by atoms with van der Waals surface area (Å²) in [6.45, 7) is -0.725. The van der Waals surface area contributed by atoms with Gasteiger partial charge in [-0.1, -0.05) is 6.53 Å². The molecule has 0 aromatic carbocycles. The largest absolute Gasteiger partial charge is 0.477 e. The van der Waals surface area contributed by atoms with E-state index in [4.69, 9.17) is 7.85 Å². The van der Waals surface area contributed by atoms with Crippen LogP contribution in [0.1, 0.15) is 2.74 Å². The lowest BCUT2D eigenvalue weighted by Crippen LogP contribution is -1.89. The molecule has 0 saturated carbocycles. The molecule has 0 aromatic heterocycles. The van der Waals surface area contributed by atoms with Crippen LogP contribution in [-0.4, -0.2) is 11.1 Å². The molecule has 0 aliphatic heterocycles. The van der Waals surface area contributed by atoms with E-state index in [1.807, 2.05) is 0 Å². The molecule has 0 saturated heterocycles. The molecular weight excluding hydrogens is 148 g/mol. The number of carboxylic acids is 1. The second kappa shape index (κ2) is 1.97. The molecule has 6 heavy (non-hydrogen) atoms. The Bertz CT molecular complexity index is 138. The van der Waals surface area contributed by atoms with Crippen LogP contribution >= 0.6 is 15.9 Å². The van der Waals surface area contributed by atoms with Gasteiger partial charge in [0.15, 0.2) is 0 Å². The van der Waals surface area contributed by atoms with Crippen molar-refractivity contribution in [2.75, 3.05) is 0 Å². The van der Waals surface area contributed by atoms with Crippen LogP contribution in [0.2, 0.25) is 0 Å². The topological polar surface area (TPSA) is 37.3 Å². The highest BCUT2D eigenvalue weighted by Gasteiger charge is 1.93. The minimum atomic E-state index is -1.29. The highest BCUT2D eigenvalue weighted by atomic mass is 79.9. The van der Waals surface area contributed by atoms with Gasteiger partial charge in [0, 0.05) is 0 Å². The van der Waals surface area contributed by atoms with Crippen molar-refractivity contribution in [3.8, 4) is 0 Å². The summed E-state index contributed by atoms with van der Waals surface area (Å²) < 4.78 is 12.4. The van der Waals surface area contributed by atoms with Crippen LogP contribution in [0, 0.1) is 0 Å². The van der Waals surface area contributed by atoms with Gasteiger partial charge >= 0.3 is 5.97 Å². The molecule has 0 spiro atoms. The second-order valence-electron chi connectivity index (χ2n) is 0.619. The Labute approximate surface area is 46.4 Å². The third-order valence-corrected chi connectivity index (χ3v) is 0.527. The van der Waals surface area contributed by atoms with E-state index in [1.54, 1.807) is 0 Å². The van der Waals surface area contributed by atoms with Gasteiger partial charge in [-0.3, -0.25) is 0 Å². The number of carboxylic acid groups (broad SMARTS) is 1. The van der Waals surface area contributed by atoms with Gasteiger partial charge in [-0.05, 0) is 15.9 Å². The highest BCUT2D eigenvalue weighted by Crippen LogP contribution is 1.97. The SMILES string of the molecule is [2H]C([2H])=C(Br)C(=O)O. The van der Waals surface area contributed by atoms with Crippen LogP contribution in [0.4, 0.5) is 0 Å². The summed E-state index contributed by atoms with van der Waals surface area (Å²) in [5, 5.41) is 8.01. The number of carbonyl (C=O) groups is 1. The zero-order valence-corrected chi connectivity index (χ0v) is 4.32. The van der Waals surface area contributed by atoms with Crippen LogP contribution in [0.25, 0.3) is 0 Å².